The van der Waals surface area contributed by atoms with Gasteiger partial charge in [0.15, 0.2) is 5.82 Å². The fraction of sp³-hybridized carbons (Fsp3) is 0.0811. The predicted octanol–water partition coefficient (Wildman–Crippen LogP) is 9.59. The van der Waals surface area contributed by atoms with Crippen molar-refractivity contribution in [1.82, 2.24) is 9.97 Å². The van der Waals surface area contributed by atoms with Crippen LogP contribution in [0.15, 0.2) is 140 Å². The van der Waals surface area contributed by atoms with Crippen LogP contribution in [-0.4, -0.2) is 9.97 Å². The third-order valence-electron chi connectivity index (χ3n) is 7.89. The smallest absolute Gasteiger partial charge is 0.160 e. The molecule has 2 heterocycles. The quantitative estimate of drug-likeness (QED) is 0.234. The summed E-state index contributed by atoms with van der Waals surface area (Å²) < 4.78 is 0. The molecule has 0 N–H and O–H groups in total. The molecule has 0 unspecified atom stereocenters. The Morgan fingerprint density at radius 3 is 1.57 bits per heavy atom. The second kappa shape index (κ2) is 9.62. The van der Waals surface area contributed by atoms with E-state index in [0.29, 0.717) is 5.82 Å². The Kier molecular flexibility index (Phi) is 5.78. The first-order valence-corrected chi connectivity index (χ1v) is 13.7. The van der Waals surface area contributed by atoms with Gasteiger partial charge in [-0.2, -0.15) is 0 Å². The van der Waals surface area contributed by atoms with E-state index in [9.17, 15) is 0 Å². The highest BCUT2D eigenvalue weighted by molar-refractivity contribution is 5.92. The van der Waals surface area contributed by atoms with Crippen molar-refractivity contribution in [2.45, 2.75) is 19.3 Å². The number of para-hydroxylation sites is 3. The van der Waals surface area contributed by atoms with Crippen LogP contribution in [0.3, 0.4) is 0 Å². The highest BCUT2D eigenvalue weighted by Gasteiger charge is 2.37. The second-order valence-corrected chi connectivity index (χ2v) is 10.7. The van der Waals surface area contributed by atoms with Gasteiger partial charge in [-0.25, -0.2) is 9.97 Å². The van der Waals surface area contributed by atoms with E-state index in [0.717, 1.165) is 33.8 Å². The number of nitrogens with zero attached hydrogens (tertiary/aromatic N) is 3. The van der Waals surface area contributed by atoms with Crippen LogP contribution in [0, 0.1) is 0 Å². The lowest BCUT2D eigenvalue weighted by Gasteiger charge is -2.42. The Morgan fingerprint density at radius 1 is 0.475 bits per heavy atom. The Bertz CT molecular complexity index is 1720. The first-order chi connectivity index (χ1) is 19.6. The van der Waals surface area contributed by atoms with Crippen LogP contribution in [0.2, 0.25) is 0 Å². The fourth-order valence-corrected chi connectivity index (χ4v) is 5.87. The normalized spacial score (nSPS) is 13.4. The lowest BCUT2D eigenvalue weighted by molar-refractivity contribution is 0.632. The van der Waals surface area contributed by atoms with Crippen LogP contribution in [0.25, 0.3) is 33.9 Å². The standard InChI is InChI=1S/C37H29N3/c1-37(2)29-20-10-13-23-34(29)40(35-24-14-11-21-30(35)37)33-22-12-9-19-28(33)32-25-31(26-15-5-3-6-16-26)38-36(39-32)27-17-7-4-8-18-27/h3-25H,1-2H3. The molecule has 0 saturated carbocycles. The SMILES string of the molecule is CC1(C)c2ccccc2N(c2ccccc2-c2cc(-c3ccccc3)nc(-c3ccccc3)n2)c2ccccc21. The van der Waals surface area contributed by atoms with Gasteiger partial charge in [-0.05, 0) is 35.4 Å². The Balaban J connectivity index is 1.48. The Morgan fingerprint density at radius 2 is 0.950 bits per heavy atom. The molecule has 0 bridgehead atoms. The number of anilines is 3. The summed E-state index contributed by atoms with van der Waals surface area (Å²) in [4.78, 5) is 12.6. The number of hydrogen-bond acceptors (Lipinski definition) is 3. The zero-order valence-electron chi connectivity index (χ0n) is 22.6. The zero-order chi connectivity index (χ0) is 27.1. The van der Waals surface area contributed by atoms with Crippen molar-refractivity contribution >= 4 is 17.1 Å². The maximum Gasteiger partial charge on any atom is 0.160 e. The molecule has 0 aliphatic carbocycles. The van der Waals surface area contributed by atoms with Gasteiger partial charge in [0, 0.05) is 22.1 Å². The summed E-state index contributed by atoms with van der Waals surface area (Å²) in [5.74, 6) is 0.715. The molecule has 6 aromatic rings. The van der Waals surface area contributed by atoms with Crippen LogP contribution < -0.4 is 4.90 Å². The molecule has 192 valence electrons. The van der Waals surface area contributed by atoms with E-state index in [4.69, 9.17) is 9.97 Å². The van der Waals surface area contributed by atoms with E-state index >= 15 is 0 Å². The summed E-state index contributed by atoms with van der Waals surface area (Å²) in [5, 5.41) is 0. The molecule has 1 aliphatic rings. The lowest BCUT2D eigenvalue weighted by atomic mass is 9.73. The highest BCUT2D eigenvalue weighted by atomic mass is 15.2. The molecule has 0 atom stereocenters. The maximum absolute atomic E-state index is 5.16. The molecule has 3 nitrogen and oxygen atoms in total. The van der Waals surface area contributed by atoms with Crippen LogP contribution >= 0.6 is 0 Å². The van der Waals surface area contributed by atoms with E-state index in [1.807, 2.05) is 24.3 Å². The minimum Gasteiger partial charge on any atom is -0.309 e. The third kappa shape index (κ3) is 3.99. The number of rotatable bonds is 4. The van der Waals surface area contributed by atoms with Crippen molar-refractivity contribution in [2.24, 2.45) is 0 Å². The van der Waals surface area contributed by atoms with Crippen molar-refractivity contribution < 1.29 is 0 Å². The first-order valence-electron chi connectivity index (χ1n) is 13.7. The first kappa shape index (κ1) is 24.1. The molecule has 1 aromatic heterocycles. The molecule has 0 radical (unpaired) electrons. The monoisotopic (exact) mass is 515 g/mol. The van der Waals surface area contributed by atoms with Gasteiger partial charge in [-0.15, -0.1) is 0 Å². The minimum absolute atomic E-state index is 0.117. The molecule has 7 rings (SSSR count). The molecule has 0 fully saturated rings. The topological polar surface area (TPSA) is 29.0 Å². The van der Waals surface area contributed by atoms with Gasteiger partial charge in [-0.3, -0.25) is 0 Å². The molecule has 0 spiro atoms. The maximum atomic E-state index is 5.16. The van der Waals surface area contributed by atoms with Gasteiger partial charge in [0.05, 0.1) is 28.5 Å². The van der Waals surface area contributed by atoms with E-state index in [2.05, 4.69) is 134 Å². The Labute approximate surface area is 235 Å². The molecule has 0 saturated heterocycles. The fourth-order valence-electron chi connectivity index (χ4n) is 5.87. The van der Waals surface area contributed by atoms with Gasteiger partial charge in [0.2, 0.25) is 0 Å². The van der Waals surface area contributed by atoms with Gasteiger partial charge < -0.3 is 4.90 Å². The van der Waals surface area contributed by atoms with Crippen LogP contribution in [0.5, 0.6) is 0 Å². The summed E-state index contributed by atoms with van der Waals surface area (Å²) in [6.07, 6.45) is 0. The second-order valence-electron chi connectivity index (χ2n) is 10.7. The van der Waals surface area contributed by atoms with Crippen LogP contribution in [0.1, 0.15) is 25.0 Å². The average Bonchev–Trinajstić information content (AvgIpc) is 3.02. The molecule has 0 amide bonds. The molecular formula is C37H29N3. The number of aromatic nitrogens is 2. The van der Waals surface area contributed by atoms with Gasteiger partial charge in [-0.1, -0.05) is 129 Å². The van der Waals surface area contributed by atoms with E-state index in [1.165, 1.54) is 22.5 Å². The van der Waals surface area contributed by atoms with Crippen molar-refractivity contribution in [2.75, 3.05) is 4.90 Å². The summed E-state index contributed by atoms with van der Waals surface area (Å²) in [5.41, 5.74) is 10.9. The number of benzene rings is 5. The highest BCUT2D eigenvalue weighted by Crippen LogP contribution is 2.53. The predicted molar refractivity (Wildman–Crippen MR) is 165 cm³/mol. The van der Waals surface area contributed by atoms with Gasteiger partial charge in [0.25, 0.3) is 0 Å². The molecular weight excluding hydrogens is 486 g/mol. The molecule has 5 aromatic carbocycles. The van der Waals surface area contributed by atoms with E-state index < -0.39 is 0 Å². The summed E-state index contributed by atoms with van der Waals surface area (Å²) in [6, 6.07) is 48.8. The van der Waals surface area contributed by atoms with E-state index in [1.54, 1.807) is 0 Å². The number of hydrogen-bond donors (Lipinski definition) is 0. The van der Waals surface area contributed by atoms with Crippen LogP contribution in [0.4, 0.5) is 17.1 Å². The third-order valence-corrected chi connectivity index (χ3v) is 7.89. The summed E-state index contributed by atoms with van der Waals surface area (Å²) in [7, 11) is 0. The summed E-state index contributed by atoms with van der Waals surface area (Å²) >= 11 is 0. The average molecular weight is 516 g/mol. The molecule has 40 heavy (non-hydrogen) atoms. The van der Waals surface area contributed by atoms with Gasteiger partial charge in [0.1, 0.15) is 0 Å². The minimum atomic E-state index is -0.117. The Hall–Kier alpha value is -5.02. The van der Waals surface area contributed by atoms with Crippen molar-refractivity contribution in [1.29, 1.82) is 0 Å². The largest absolute Gasteiger partial charge is 0.309 e. The van der Waals surface area contributed by atoms with Crippen molar-refractivity contribution in [3.8, 4) is 33.9 Å². The van der Waals surface area contributed by atoms with E-state index in [-0.39, 0.29) is 5.41 Å². The zero-order valence-corrected chi connectivity index (χ0v) is 22.6. The molecule has 1 aliphatic heterocycles. The van der Waals surface area contributed by atoms with Crippen molar-refractivity contribution in [3.05, 3.63) is 151 Å². The summed E-state index contributed by atoms with van der Waals surface area (Å²) in [6.45, 7) is 4.63. The van der Waals surface area contributed by atoms with Crippen LogP contribution in [-0.2, 0) is 5.41 Å². The lowest BCUT2D eigenvalue weighted by Crippen LogP contribution is -2.30. The number of fused-ring (bicyclic) bond motifs is 2. The molecule has 3 heteroatoms. The van der Waals surface area contributed by atoms with Crippen molar-refractivity contribution in [3.63, 3.8) is 0 Å². The van der Waals surface area contributed by atoms with Gasteiger partial charge >= 0.3 is 0 Å².